The van der Waals surface area contributed by atoms with E-state index in [0.717, 1.165) is 66.8 Å². The molecule has 4 rings (SSSR count). The van der Waals surface area contributed by atoms with Crippen molar-refractivity contribution < 1.29 is 79.7 Å². The maximum Gasteiger partial charge on any atom is 0.345 e. The molecule has 0 unspecified atom stereocenters. The number of ether oxygens (including phenoxy) is 2. The van der Waals surface area contributed by atoms with Crippen LogP contribution in [-0.2, 0) is 41.5 Å². The van der Waals surface area contributed by atoms with E-state index in [2.05, 4.69) is 0 Å². The summed E-state index contributed by atoms with van der Waals surface area (Å²) < 4.78 is 10.3. The van der Waals surface area contributed by atoms with Crippen LogP contribution < -0.4 is 0 Å². The van der Waals surface area contributed by atoms with Crippen molar-refractivity contribution >= 4 is 41.6 Å². The lowest BCUT2D eigenvalue weighted by Crippen LogP contribution is -2.29. The van der Waals surface area contributed by atoms with E-state index in [0.29, 0.717) is 0 Å². The van der Waals surface area contributed by atoms with E-state index in [4.69, 9.17) is 9.47 Å². The largest absolute Gasteiger partial charge is 0.504 e. The third-order valence-electron chi connectivity index (χ3n) is 7.37. The molecule has 52 heavy (non-hydrogen) atoms. The minimum absolute atomic E-state index is 0.000712. The van der Waals surface area contributed by atoms with Crippen LogP contribution in [0.1, 0.15) is 27.8 Å². The molecule has 0 aliphatic rings. The monoisotopic (exact) mass is 718 g/mol. The summed E-state index contributed by atoms with van der Waals surface area (Å²) in [4.78, 5) is 50.5. The predicted molar refractivity (Wildman–Crippen MR) is 178 cm³/mol. The molecule has 0 heterocycles. The van der Waals surface area contributed by atoms with Gasteiger partial charge in [0.25, 0.3) is 0 Å². The highest BCUT2D eigenvalue weighted by Gasteiger charge is 2.29. The van der Waals surface area contributed by atoms with E-state index >= 15 is 0 Å². The quantitative estimate of drug-likeness (QED) is 0.0410. The Morgan fingerprint density at radius 1 is 0.577 bits per heavy atom. The van der Waals surface area contributed by atoms with E-state index in [1.165, 1.54) is 18.2 Å². The van der Waals surface area contributed by atoms with Crippen molar-refractivity contribution in [2.75, 3.05) is 0 Å². The first-order valence-corrected chi connectivity index (χ1v) is 14.9. The van der Waals surface area contributed by atoms with Gasteiger partial charge in [0.15, 0.2) is 46.0 Å². The number of carbonyl (C=O) groups is 4. The number of hydrogen-bond donors (Lipinski definition) is 10. The Morgan fingerprint density at radius 2 is 1.06 bits per heavy atom. The van der Waals surface area contributed by atoms with Crippen LogP contribution in [-0.4, -0.2) is 87.2 Å². The molecule has 2 atom stereocenters. The van der Waals surface area contributed by atoms with Crippen LogP contribution in [0.4, 0.5) is 0 Å². The number of carboxylic acids is 2. The van der Waals surface area contributed by atoms with Gasteiger partial charge in [-0.3, -0.25) is 0 Å². The molecule has 0 fully saturated rings. The molecule has 0 spiro atoms. The number of benzene rings is 4. The Hall–Kier alpha value is -7.36. The highest BCUT2D eigenvalue weighted by molar-refractivity contribution is 6.24. The molecule has 0 bridgehead atoms. The van der Waals surface area contributed by atoms with Crippen molar-refractivity contribution in [3.05, 3.63) is 101 Å². The molecule has 4 aromatic carbocycles. The highest BCUT2D eigenvalue weighted by Crippen LogP contribution is 2.39. The van der Waals surface area contributed by atoms with Crippen LogP contribution >= 0.6 is 0 Å². The van der Waals surface area contributed by atoms with Crippen LogP contribution in [0.25, 0.3) is 17.7 Å². The van der Waals surface area contributed by atoms with Crippen molar-refractivity contribution in [1.29, 1.82) is 0 Å². The second-order valence-corrected chi connectivity index (χ2v) is 11.1. The first kappa shape index (κ1) is 37.5. The third-order valence-corrected chi connectivity index (χ3v) is 7.37. The van der Waals surface area contributed by atoms with Gasteiger partial charge in [0.05, 0.1) is 5.57 Å². The number of hydrogen-bond acceptors (Lipinski definition) is 14. The molecule has 0 saturated carbocycles. The Bertz CT molecular complexity index is 2100. The first-order chi connectivity index (χ1) is 24.5. The SMILES string of the molecule is O=C(/C=C/c1ccc(O)c(O)c1C(=Cc1ccc(O)c(O)c1)C(=O)O[C@H](Cc1ccc(O)c(O)c1)C(=O)O)O[C@H](Cc1ccc(O)c(O)c1)C(=O)O. The number of carbonyl (C=O) groups excluding carboxylic acids is 2. The summed E-state index contributed by atoms with van der Waals surface area (Å²) in [5.74, 6) is -10.8. The molecule has 0 aliphatic heterocycles. The van der Waals surface area contributed by atoms with E-state index in [1.54, 1.807) is 0 Å². The van der Waals surface area contributed by atoms with Crippen molar-refractivity contribution in [3.8, 4) is 46.0 Å². The lowest BCUT2D eigenvalue weighted by atomic mass is 9.95. The van der Waals surface area contributed by atoms with Gasteiger partial charge in [-0.25, -0.2) is 19.2 Å². The Morgan fingerprint density at radius 3 is 1.56 bits per heavy atom. The third kappa shape index (κ3) is 9.20. The van der Waals surface area contributed by atoms with Gasteiger partial charge in [-0.2, -0.15) is 0 Å². The first-order valence-electron chi connectivity index (χ1n) is 14.9. The number of rotatable bonds is 13. The van der Waals surface area contributed by atoms with Crippen LogP contribution in [0, 0.1) is 0 Å². The lowest BCUT2D eigenvalue weighted by Gasteiger charge is -2.18. The topological polar surface area (TPSA) is 289 Å². The smallest absolute Gasteiger partial charge is 0.345 e. The van der Waals surface area contributed by atoms with E-state index in [1.807, 2.05) is 0 Å². The van der Waals surface area contributed by atoms with Crippen molar-refractivity contribution in [1.82, 2.24) is 0 Å². The summed E-state index contributed by atoms with van der Waals surface area (Å²) in [7, 11) is 0. The van der Waals surface area contributed by atoms with Crippen molar-refractivity contribution in [3.63, 3.8) is 0 Å². The van der Waals surface area contributed by atoms with E-state index in [-0.39, 0.29) is 22.3 Å². The zero-order valence-electron chi connectivity index (χ0n) is 26.6. The molecular formula is C36H30O16. The number of esters is 2. The fourth-order valence-corrected chi connectivity index (χ4v) is 4.76. The standard InChI is InChI=1S/C36H30O16/c37-22-6-1-17(12-26(22)41)11-21(36(50)52-30(35(48)49)16-19-3-8-24(39)28(43)14-19)32-20(4-9-25(40)33(32)45)5-10-31(44)51-29(34(46)47)15-18-2-7-23(38)27(42)13-18/h1-14,29-30,37-43,45H,15-16H2,(H,46,47)(H,48,49)/b10-5+,21-11?/t29-,30-/m1/s1. The van der Waals surface area contributed by atoms with Gasteiger partial charge in [-0.1, -0.05) is 24.3 Å². The molecule has 0 saturated heterocycles. The second-order valence-electron chi connectivity index (χ2n) is 11.1. The van der Waals surface area contributed by atoms with Crippen LogP contribution in [0.5, 0.6) is 46.0 Å². The van der Waals surface area contributed by atoms with Gasteiger partial charge in [0.1, 0.15) is 0 Å². The zero-order valence-corrected chi connectivity index (χ0v) is 26.6. The molecule has 4 aromatic rings. The number of carboxylic acid groups (broad SMARTS) is 2. The molecule has 0 aliphatic carbocycles. The highest BCUT2D eigenvalue weighted by atomic mass is 16.6. The number of aromatic hydroxyl groups is 8. The van der Waals surface area contributed by atoms with E-state index in [9.17, 15) is 70.2 Å². The molecule has 0 aromatic heterocycles. The molecule has 16 nitrogen and oxygen atoms in total. The summed E-state index contributed by atoms with van der Waals surface area (Å²) in [5, 5.41) is 99.3. The van der Waals surface area contributed by atoms with Crippen LogP contribution in [0.15, 0.2) is 72.8 Å². The minimum Gasteiger partial charge on any atom is -0.504 e. The summed E-state index contributed by atoms with van der Waals surface area (Å²) in [6, 6.07) is 12.3. The zero-order chi connectivity index (χ0) is 38.3. The van der Waals surface area contributed by atoms with Gasteiger partial charge in [-0.05, 0) is 76.9 Å². The number of phenolic OH excluding ortho intramolecular Hbond substituents is 8. The van der Waals surface area contributed by atoms with Gasteiger partial charge in [0, 0.05) is 24.5 Å². The van der Waals surface area contributed by atoms with Gasteiger partial charge in [0.2, 0.25) is 12.2 Å². The molecule has 10 N–H and O–H groups in total. The summed E-state index contributed by atoms with van der Waals surface area (Å²) >= 11 is 0. The van der Waals surface area contributed by atoms with Gasteiger partial charge < -0.3 is 60.5 Å². The fraction of sp³-hybridized carbons (Fsp3) is 0.111. The van der Waals surface area contributed by atoms with Crippen LogP contribution in [0.3, 0.4) is 0 Å². The van der Waals surface area contributed by atoms with Crippen molar-refractivity contribution in [2.24, 2.45) is 0 Å². The Balaban J connectivity index is 1.73. The normalized spacial score (nSPS) is 12.6. The summed E-state index contributed by atoms with van der Waals surface area (Å²) in [6.45, 7) is 0. The lowest BCUT2D eigenvalue weighted by molar-refractivity contribution is -0.160. The molecule has 0 amide bonds. The maximum atomic E-state index is 13.8. The van der Waals surface area contributed by atoms with Crippen LogP contribution in [0.2, 0.25) is 0 Å². The van der Waals surface area contributed by atoms with Gasteiger partial charge in [-0.15, -0.1) is 0 Å². The minimum atomic E-state index is -1.93. The summed E-state index contributed by atoms with van der Waals surface area (Å²) in [6.07, 6.45) is -1.92. The summed E-state index contributed by atoms with van der Waals surface area (Å²) in [5.41, 5.74) is -1.03. The second kappa shape index (κ2) is 15.9. The fourth-order valence-electron chi connectivity index (χ4n) is 4.76. The molecule has 0 radical (unpaired) electrons. The Kier molecular flexibility index (Phi) is 11.5. The molecule has 16 heteroatoms. The average Bonchev–Trinajstić information content (AvgIpc) is 3.08. The molecule has 270 valence electrons. The average molecular weight is 719 g/mol. The molecular weight excluding hydrogens is 688 g/mol. The van der Waals surface area contributed by atoms with Crippen molar-refractivity contribution in [2.45, 2.75) is 25.0 Å². The van der Waals surface area contributed by atoms with E-state index < -0.39 is 106 Å². The maximum absolute atomic E-state index is 13.8. The number of aliphatic carboxylic acids is 2. The Labute approximate surface area is 292 Å². The van der Waals surface area contributed by atoms with Gasteiger partial charge >= 0.3 is 23.9 Å². The number of phenols is 8. The predicted octanol–water partition coefficient (Wildman–Crippen LogP) is 3.36.